The molecule has 1 aromatic heterocycles. The Bertz CT molecular complexity index is 704. The minimum Gasteiger partial charge on any atom is -0.305 e. The summed E-state index contributed by atoms with van der Waals surface area (Å²) in [6.45, 7) is 0.655. The molecule has 1 N–H and O–H groups in total. The molecule has 1 aliphatic heterocycles. The maximum atomic E-state index is 11.3. The fourth-order valence-electron chi connectivity index (χ4n) is 2.08. The van der Waals surface area contributed by atoms with Gasteiger partial charge in [0.1, 0.15) is 5.01 Å². The minimum atomic E-state index is -2.99. The molecule has 3 rings (SSSR count). The molecule has 0 amide bonds. The van der Waals surface area contributed by atoms with Gasteiger partial charge in [-0.05, 0) is 5.56 Å². The SMILES string of the molecule is O=S1(=O)C=CC(NCc2ccc(-c3nccs3)cc2)C1. The molecule has 1 unspecified atom stereocenters. The minimum absolute atomic E-state index is 0.0846. The first-order valence-electron chi connectivity index (χ1n) is 6.25. The second-order valence-corrected chi connectivity index (χ2v) is 7.51. The summed E-state index contributed by atoms with van der Waals surface area (Å²) in [4.78, 5) is 4.27. The zero-order valence-electron chi connectivity index (χ0n) is 10.7. The molecular formula is C14H14N2O2S2. The third-order valence-electron chi connectivity index (χ3n) is 3.13. The molecule has 0 bridgehead atoms. The van der Waals surface area contributed by atoms with E-state index in [9.17, 15) is 8.42 Å². The molecule has 0 saturated carbocycles. The number of hydrogen-bond donors (Lipinski definition) is 1. The zero-order chi connectivity index (χ0) is 14.0. The van der Waals surface area contributed by atoms with Crippen molar-refractivity contribution in [2.75, 3.05) is 5.75 Å². The first-order chi connectivity index (χ1) is 9.62. The molecule has 1 aliphatic rings. The fraction of sp³-hybridized carbons (Fsp3) is 0.214. The fourth-order valence-corrected chi connectivity index (χ4v) is 4.00. The van der Waals surface area contributed by atoms with Gasteiger partial charge in [0, 0.05) is 35.1 Å². The number of thiazole rings is 1. The lowest BCUT2D eigenvalue weighted by Gasteiger charge is -2.10. The van der Waals surface area contributed by atoms with Gasteiger partial charge in [0.05, 0.1) is 5.75 Å². The molecule has 2 aromatic rings. The van der Waals surface area contributed by atoms with Crippen LogP contribution in [0.15, 0.2) is 47.3 Å². The van der Waals surface area contributed by atoms with E-state index >= 15 is 0 Å². The van der Waals surface area contributed by atoms with Crippen LogP contribution in [0.5, 0.6) is 0 Å². The van der Waals surface area contributed by atoms with E-state index in [1.165, 1.54) is 5.41 Å². The van der Waals surface area contributed by atoms with Crippen LogP contribution in [0.4, 0.5) is 0 Å². The third-order valence-corrected chi connectivity index (χ3v) is 5.35. The molecule has 1 atom stereocenters. The summed E-state index contributed by atoms with van der Waals surface area (Å²) in [7, 11) is -2.99. The number of rotatable bonds is 4. The van der Waals surface area contributed by atoms with Crippen molar-refractivity contribution in [3.8, 4) is 10.6 Å². The molecule has 0 radical (unpaired) electrons. The Hall–Kier alpha value is -1.50. The zero-order valence-corrected chi connectivity index (χ0v) is 12.3. The predicted octanol–water partition coefficient (Wildman–Crippen LogP) is 2.21. The number of nitrogens with zero attached hydrogens (tertiary/aromatic N) is 1. The highest BCUT2D eigenvalue weighted by Crippen LogP contribution is 2.21. The number of aromatic nitrogens is 1. The van der Waals surface area contributed by atoms with Crippen molar-refractivity contribution < 1.29 is 8.42 Å². The molecule has 0 spiro atoms. The van der Waals surface area contributed by atoms with Crippen molar-refractivity contribution in [1.29, 1.82) is 0 Å². The van der Waals surface area contributed by atoms with E-state index in [0.717, 1.165) is 16.1 Å². The summed E-state index contributed by atoms with van der Waals surface area (Å²) in [5, 5.41) is 7.48. The lowest BCUT2D eigenvalue weighted by molar-refractivity contribution is 0.590. The first-order valence-corrected chi connectivity index (χ1v) is 8.85. The molecule has 0 fully saturated rings. The van der Waals surface area contributed by atoms with Gasteiger partial charge < -0.3 is 5.32 Å². The van der Waals surface area contributed by atoms with E-state index in [0.29, 0.717) is 6.54 Å². The van der Waals surface area contributed by atoms with Crippen LogP contribution in [-0.4, -0.2) is 25.2 Å². The number of nitrogens with one attached hydrogen (secondary N) is 1. The highest BCUT2D eigenvalue weighted by molar-refractivity contribution is 7.94. The van der Waals surface area contributed by atoms with Crippen molar-refractivity contribution in [2.45, 2.75) is 12.6 Å². The van der Waals surface area contributed by atoms with E-state index in [1.54, 1.807) is 23.6 Å². The number of hydrogen-bond acceptors (Lipinski definition) is 5. The second-order valence-electron chi connectivity index (χ2n) is 4.68. The summed E-state index contributed by atoms with van der Waals surface area (Å²) in [6.07, 6.45) is 3.50. The van der Waals surface area contributed by atoms with E-state index in [-0.39, 0.29) is 11.8 Å². The average Bonchev–Trinajstić information content (AvgIpc) is 3.06. The Kier molecular flexibility index (Phi) is 3.69. The van der Waals surface area contributed by atoms with Crippen LogP contribution >= 0.6 is 11.3 Å². The second kappa shape index (κ2) is 5.47. The standard InChI is InChI=1S/C14H14N2O2S2/c17-20(18)8-5-13(10-20)16-9-11-1-3-12(4-2-11)14-15-6-7-19-14/h1-8,13,16H,9-10H2. The Morgan fingerprint density at radius 3 is 2.70 bits per heavy atom. The van der Waals surface area contributed by atoms with Gasteiger partial charge in [0.15, 0.2) is 9.84 Å². The van der Waals surface area contributed by atoms with Gasteiger partial charge in [-0.25, -0.2) is 13.4 Å². The van der Waals surface area contributed by atoms with Gasteiger partial charge in [-0.1, -0.05) is 30.3 Å². The van der Waals surface area contributed by atoms with Crippen LogP contribution in [0.3, 0.4) is 0 Å². The van der Waals surface area contributed by atoms with Gasteiger partial charge >= 0.3 is 0 Å². The summed E-state index contributed by atoms with van der Waals surface area (Å²) >= 11 is 1.61. The summed E-state index contributed by atoms with van der Waals surface area (Å²) in [5.74, 6) is 0.157. The Morgan fingerprint density at radius 2 is 2.10 bits per heavy atom. The molecule has 1 aromatic carbocycles. The van der Waals surface area contributed by atoms with Crippen LogP contribution < -0.4 is 5.32 Å². The maximum Gasteiger partial charge on any atom is 0.173 e. The van der Waals surface area contributed by atoms with Crippen LogP contribution in [0.1, 0.15) is 5.56 Å². The van der Waals surface area contributed by atoms with Crippen LogP contribution in [0, 0.1) is 0 Å². The van der Waals surface area contributed by atoms with Crippen molar-refractivity contribution in [2.24, 2.45) is 0 Å². The van der Waals surface area contributed by atoms with Gasteiger partial charge in [-0.3, -0.25) is 0 Å². The molecule has 0 saturated heterocycles. The molecule has 104 valence electrons. The average molecular weight is 306 g/mol. The van der Waals surface area contributed by atoms with Crippen molar-refractivity contribution in [3.05, 3.63) is 52.9 Å². The molecule has 2 heterocycles. The normalized spacial score (nSPS) is 20.3. The van der Waals surface area contributed by atoms with Crippen molar-refractivity contribution in [3.63, 3.8) is 0 Å². The van der Waals surface area contributed by atoms with Gasteiger partial charge in [-0.2, -0.15) is 0 Å². The molecular weight excluding hydrogens is 292 g/mol. The van der Waals surface area contributed by atoms with E-state index in [4.69, 9.17) is 0 Å². The third kappa shape index (κ3) is 3.15. The Labute approximate surface area is 122 Å². The van der Waals surface area contributed by atoms with Crippen LogP contribution in [0.25, 0.3) is 10.6 Å². The monoisotopic (exact) mass is 306 g/mol. The smallest absolute Gasteiger partial charge is 0.173 e. The van der Waals surface area contributed by atoms with Crippen molar-refractivity contribution >= 4 is 21.2 Å². The highest BCUT2D eigenvalue weighted by atomic mass is 32.2. The van der Waals surface area contributed by atoms with E-state index in [2.05, 4.69) is 10.3 Å². The summed E-state index contributed by atoms with van der Waals surface area (Å²) in [6, 6.07) is 8.07. The Morgan fingerprint density at radius 1 is 1.30 bits per heavy atom. The van der Waals surface area contributed by atoms with E-state index in [1.807, 2.05) is 29.6 Å². The Balaban J connectivity index is 1.61. The molecule has 0 aliphatic carbocycles. The van der Waals surface area contributed by atoms with Crippen LogP contribution in [0.2, 0.25) is 0 Å². The predicted molar refractivity (Wildman–Crippen MR) is 81.1 cm³/mol. The van der Waals surface area contributed by atoms with Gasteiger partial charge in [-0.15, -0.1) is 11.3 Å². The lowest BCUT2D eigenvalue weighted by atomic mass is 10.1. The number of benzene rings is 1. The highest BCUT2D eigenvalue weighted by Gasteiger charge is 2.20. The molecule has 4 nitrogen and oxygen atoms in total. The summed E-state index contributed by atoms with van der Waals surface area (Å²) in [5.41, 5.74) is 2.23. The van der Waals surface area contributed by atoms with Gasteiger partial charge in [0.2, 0.25) is 0 Å². The van der Waals surface area contributed by atoms with E-state index < -0.39 is 9.84 Å². The first kappa shape index (κ1) is 13.5. The molecule has 6 heteroatoms. The maximum absolute atomic E-state index is 11.3. The van der Waals surface area contributed by atoms with Gasteiger partial charge in [0.25, 0.3) is 0 Å². The largest absolute Gasteiger partial charge is 0.305 e. The van der Waals surface area contributed by atoms with Crippen molar-refractivity contribution in [1.82, 2.24) is 10.3 Å². The quantitative estimate of drug-likeness (QED) is 0.941. The summed E-state index contributed by atoms with van der Waals surface area (Å²) < 4.78 is 22.6. The topological polar surface area (TPSA) is 59.1 Å². The number of sulfone groups is 1. The molecule has 20 heavy (non-hydrogen) atoms. The van der Waals surface area contributed by atoms with Crippen LogP contribution in [-0.2, 0) is 16.4 Å². The lowest BCUT2D eigenvalue weighted by Crippen LogP contribution is -2.29.